The summed E-state index contributed by atoms with van der Waals surface area (Å²) in [6, 6.07) is 9.82. The van der Waals surface area contributed by atoms with Crippen LogP contribution in [0.15, 0.2) is 30.3 Å². The number of rotatable bonds is 3. The number of amides is 1. The Morgan fingerprint density at radius 1 is 1.24 bits per heavy atom. The number of hydrogen-bond donors (Lipinski definition) is 1. The van der Waals surface area contributed by atoms with Crippen LogP contribution in [-0.2, 0) is 15.1 Å². The van der Waals surface area contributed by atoms with Crippen LogP contribution in [0.3, 0.4) is 0 Å². The number of hydrogen-bond acceptors (Lipinski definition) is 3. The van der Waals surface area contributed by atoms with Crippen molar-refractivity contribution in [2.75, 3.05) is 0 Å². The van der Waals surface area contributed by atoms with Gasteiger partial charge >= 0.3 is 12.6 Å². The molecule has 4 heteroatoms. The molecule has 0 bridgehead atoms. The lowest BCUT2D eigenvalue weighted by atomic mass is 9.88. The first kappa shape index (κ1) is 11.6. The average molecular weight is 233 g/mol. The van der Waals surface area contributed by atoms with Gasteiger partial charge in [0.15, 0.2) is 0 Å². The van der Waals surface area contributed by atoms with Gasteiger partial charge < -0.3 is 10.1 Å². The minimum Gasteiger partial charge on any atom is -0.379 e. The maximum absolute atomic E-state index is 11.4. The van der Waals surface area contributed by atoms with E-state index >= 15 is 0 Å². The first-order valence-corrected chi connectivity index (χ1v) is 5.75. The highest BCUT2D eigenvalue weighted by Gasteiger charge is 2.37. The fourth-order valence-electron chi connectivity index (χ4n) is 2.49. The SMILES string of the molecule is O=COC(=O)NC1(c2ccccc2)CCCC1. The van der Waals surface area contributed by atoms with E-state index in [0.29, 0.717) is 0 Å². The number of carbonyl (C=O) groups excluding carboxylic acids is 2. The highest BCUT2D eigenvalue weighted by molar-refractivity contribution is 5.75. The van der Waals surface area contributed by atoms with E-state index in [2.05, 4.69) is 10.1 Å². The maximum atomic E-state index is 11.4. The highest BCUT2D eigenvalue weighted by atomic mass is 16.6. The topological polar surface area (TPSA) is 55.4 Å². The molecule has 0 aliphatic heterocycles. The largest absolute Gasteiger partial charge is 0.415 e. The summed E-state index contributed by atoms with van der Waals surface area (Å²) in [6.45, 7) is 0.156. The van der Waals surface area contributed by atoms with Crippen LogP contribution in [0.4, 0.5) is 4.79 Å². The van der Waals surface area contributed by atoms with Crippen LogP contribution >= 0.6 is 0 Å². The molecule has 1 fully saturated rings. The highest BCUT2D eigenvalue weighted by Crippen LogP contribution is 2.38. The Hall–Kier alpha value is -1.84. The molecule has 1 saturated carbocycles. The first-order chi connectivity index (χ1) is 8.27. The summed E-state index contributed by atoms with van der Waals surface area (Å²) >= 11 is 0. The third-order valence-corrected chi connectivity index (χ3v) is 3.28. The van der Waals surface area contributed by atoms with Crippen LogP contribution in [0.25, 0.3) is 0 Å². The molecule has 0 atom stereocenters. The second-order valence-corrected chi connectivity index (χ2v) is 4.28. The van der Waals surface area contributed by atoms with E-state index in [4.69, 9.17) is 0 Å². The Bertz CT molecular complexity index is 396. The molecule has 0 heterocycles. The van der Waals surface area contributed by atoms with E-state index in [1.807, 2.05) is 30.3 Å². The lowest BCUT2D eigenvalue weighted by molar-refractivity contribution is -0.123. The van der Waals surface area contributed by atoms with Crippen molar-refractivity contribution in [3.63, 3.8) is 0 Å². The molecule has 0 aromatic heterocycles. The van der Waals surface area contributed by atoms with E-state index < -0.39 is 6.09 Å². The van der Waals surface area contributed by atoms with Gasteiger partial charge in [-0.1, -0.05) is 43.2 Å². The lowest BCUT2D eigenvalue weighted by Gasteiger charge is -2.30. The van der Waals surface area contributed by atoms with E-state index in [-0.39, 0.29) is 12.0 Å². The quantitative estimate of drug-likeness (QED) is 0.644. The smallest absolute Gasteiger partial charge is 0.379 e. The van der Waals surface area contributed by atoms with Gasteiger partial charge in [-0.2, -0.15) is 0 Å². The van der Waals surface area contributed by atoms with Gasteiger partial charge in [-0.15, -0.1) is 0 Å². The molecule has 17 heavy (non-hydrogen) atoms. The normalized spacial score (nSPS) is 17.4. The van der Waals surface area contributed by atoms with Crippen LogP contribution in [0.2, 0.25) is 0 Å². The van der Waals surface area contributed by atoms with E-state index in [0.717, 1.165) is 31.2 Å². The molecule has 0 spiro atoms. The number of alkyl carbamates (subject to hydrolysis) is 1. The minimum atomic E-state index is -0.675. The Morgan fingerprint density at radius 3 is 2.47 bits per heavy atom. The molecular weight excluding hydrogens is 218 g/mol. The molecule has 1 aromatic rings. The van der Waals surface area contributed by atoms with Crippen molar-refractivity contribution >= 4 is 12.6 Å². The predicted octanol–water partition coefficient (Wildman–Crippen LogP) is 2.34. The summed E-state index contributed by atoms with van der Waals surface area (Å²) in [5.41, 5.74) is 0.696. The van der Waals surface area contributed by atoms with Crippen molar-refractivity contribution in [2.24, 2.45) is 0 Å². The molecule has 1 aromatic carbocycles. The van der Waals surface area contributed by atoms with Gasteiger partial charge in [-0.25, -0.2) is 4.79 Å². The summed E-state index contributed by atoms with van der Waals surface area (Å²) in [6.07, 6.45) is 3.22. The predicted molar refractivity (Wildman–Crippen MR) is 62.3 cm³/mol. The monoisotopic (exact) mass is 233 g/mol. The van der Waals surface area contributed by atoms with Crippen molar-refractivity contribution in [3.05, 3.63) is 35.9 Å². The Balaban J connectivity index is 2.21. The minimum absolute atomic E-state index is 0.156. The maximum Gasteiger partial charge on any atom is 0.415 e. The zero-order valence-electron chi connectivity index (χ0n) is 9.52. The standard InChI is InChI=1S/C13H15NO3/c15-10-17-12(16)14-13(8-4-5-9-13)11-6-2-1-3-7-11/h1-3,6-7,10H,4-5,8-9H2,(H,14,16). The molecule has 1 amide bonds. The van der Waals surface area contributed by atoms with Crippen LogP contribution in [0.1, 0.15) is 31.2 Å². The van der Waals surface area contributed by atoms with Crippen molar-refractivity contribution in [2.45, 2.75) is 31.2 Å². The number of benzene rings is 1. The van der Waals surface area contributed by atoms with Gasteiger partial charge in [-0.05, 0) is 18.4 Å². The molecule has 90 valence electrons. The van der Waals surface area contributed by atoms with Crippen molar-refractivity contribution in [3.8, 4) is 0 Å². The van der Waals surface area contributed by atoms with Gasteiger partial charge in [0.25, 0.3) is 0 Å². The summed E-state index contributed by atoms with van der Waals surface area (Å²) in [5.74, 6) is 0. The molecule has 1 aliphatic carbocycles. The zero-order valence-corrected chi connectivity index (χ0v) is 9.52. The second kappa shape index (κ2) is 4.99. The third-order valence-electron chi connectivity index (χ3n) is 3.28. The third kappa shape index (κ3) is 2.46. The summed E-state index contributed by atoms with van der Waals surface area (Å²) < 4.78 is 4.32. The van der Waals surface area contributed by atoms with Crippen LogP contribution in [0.5, 0.6) is 0 Å². The summed E-state index contributed by atoms with van der Waals surface area (Å²) in [7, 11) is 0. The molecule has 2 rings (SSSR count). The van der Waals surface area contributed by atoms with E-state index in [9.17, 15) is 9.59 Å². The first-order valence-electron chi connectivity index (χ1n) is 5.75. The van der Waals surface area contributed by atoms with Crippen LogP contribution in [-0.4, -0.2) is 12.6 Å². The molecule has 0 saturated heterocycles. The lowest BCUT2D eigenvalue weighted by Crippen LogP contribution is -2.43. The van der Waals surface area contributed by atoms with Gasteiger partial charge in [0.2, 0.25) is 0 Å². The molecule has 4 nitrogen and oxygen atoms in total. The van der Waals surface area contributed by atoms with Gasteiger partial charge in [0, 0.05) is 0 Å². The fraction of sp³-hybridized carbons (Fsp3) is 0.385. The second-order valence-electron chi connectivity index (χ2n) is 4.28. The van der Waals surface area contributed by atoms with Crippen molar-refractivity contribution in [1.29, 1.82) is 0 Å². The fourth-order valence-corrected chi connectivity index (χ4v) is 2.49. The van der Waals surface area contributed by atoms with Gasteiger partial charge in [0.1, 0.15) is 0 Å². The van der Waals surface area contributed by atoms with Gasteiger partial charge in [-0.3, -0.25) is 4.79 Å². The Labute approximate surface area is 100.0 Å². The molecule has 0 radical (unpaired) electrons. The van der Waals surface area contributed by atoms with Crippen LogP contribution < -0.4 is 5.32 Å². The van der Waals surface area contributed by atoms with Crippen molar-refractivity contribution in [1.82, 2.24) is 5.32 Å². The Morgan fingerprint density at radius 2 is 1.88 bits per heavy atom. The molecule has 1 N–H and O–H groups in total. The summed E-state index contributed by atoms with van der Waals surface area (Å²) in [4.78, 5) is 21.6. The van der Waals surface area contributed by atoms with E-state index in [1.165, 1.54) is 0 Å². The van der Waals surface area contributed by atoms with Crippen LogP contribution in [0, 0.1) is 0 Å². The van der Waals surface area contributed by atoms with Gasteiger partial charge in [0.05, 0.1) is 5.54 Å². The average Bonchev–Trinajstić information content (AvgIpc) is 2.80. The van der Waals surface area contributed by atoms with Crippen molar-refractivity contribution < 1.29 is 14.3 Å². The number of carbonyl (C=O) groups is 2. The summed E-state index contributed by atoms with van der Waals surface area (Å²) in [5, 5.41) is 2.82. The molecule has 0 unspecified atom stereocenters. The molecular formula is C13H15NO3. The van der Waals surface area contributed by atoms with E-state index in [1.54, 1.807) is 0 Å². The molecule has 1 aliphatic rings. The number of nitrogens with one attached hydrogen (secondary N) is 1. The zero-order chi connectivity index (χ0) is 12.1. The number of ether oxygens (including phenoxy) is 1. The Kier molecular flexibility index (Phi) is 3.42.